The third kappa shape index (κ3) is 2.10. The molecule has 2 saturated heterocycles. The van der Waals surface area contributed by atoms with Crippen molar-refractivity contribution in [2.75, 3.05) is 13.2 Å². The van der Waals surface area contributed by atoms with Gasteiger partial charge in [0, 0.05) is 13.5 Å². The first-order chi connectivity index (χ1) is 11.0. The van der Waals surface area contributed by atoms with E-state index in [-0.39, 0.29) is 18.4 Å². The maximum absolute atomic E-state index is 12.7. The molecule has 0 spiro atoms. The minimum absolute atomic E-state index is 0.227. The summed E-state index contributed by atoms with van der Waals surface area (Å²) in [5.74, 6) is -1.76. The van der Waals surface area contributed by atoms with E-state index in [2.05, 4.69) is 0 Å². The van der Waals surface area contributed by atoms with Gasteiger partial charge in [-0.25, -0.2) is 4.79 Å². The van der Waals surface area contributed by atoms with E-state index < -0.39 is 29.4 Å². The highest BCUT2D eigenvalue weighted by atomic mass is 16.5. The summed E-state index contributed by atoms with van der Waals surface area (Å²) >= 11 is 0. The number of nitrogens with two attached hydrogens (primary N) is 1. The number of ether oxygens (including phenoxy) is 1. The van der Waals surface area contributed by atoms with E-state index in [1.807, 2.05) is 0 Å². The highest BCUT2D eigenvalue weighted by molar-refractivity contribution is 6.08. The first kappa shape index (κ1) is 15.7. The van der Waals surface area contributed by atoms with Crippen molar-refractivity contribution < 1.29 is 28.9 Å². The van der Waals surface area contributed by atoms with Crippen LogP contribution in [0.3, 0.4) is 0 Å². The molecular formula is C16H21N2O5+. The van der Waals surface area contributed by atoms with Gasteiger partial charge >= 0.3 is 5.97 Å². The Morgan fingerprint density at radius 1 is 1.39 bits per heavy atom. The van der Waals surface area contributed by atoms with Gasteiger partial charge in [0.2, 0.25) is 17.4 Å². The van der Waals surface area contributed by atoms with E-state index in [1.165, 1.54) is 11.2 Å². The van der Waals surface area contributed by atoms with Crippen LogP contribution in [0.15, 0.2) is 22.8 Å². The van der Waals surface area contributed by atoms with Crippen molar-refractivity contribution >= 4 is 17.8 Å². The summed E-state index contributed by atoms with van der Waals surface area (Å²) in [4.78, 5) is 39.1. The zero-order valence-corrected chi connectivity index (χ0v) is 13.4. The maximum atomic E-state index is 12.7. The van der Waals surface area contributed by atoms with Crippen LogP contribution in [0.5, 0.6) is 0 Å². The molecule has 0 aliphatic carbocycles. The number of nitrogens with zero attached hydrogens (tertiary/aromatic N) is 1. The lowest BCUT2D eigenvalue weighted by molar-refractivity contribution is -0.732. The van der Waals surface area contributed by atoms with Crippen LogP contribution in [0, 0.1) is 11.8 Å². The van der Waals surface area contributed by atoms with Gasteiger partial charge in [0.25, 0.3) is 0 Å². The Morgan fingerprint density at radius 2 is 2.13 bits per heavy atom. The molecule has 2 fully saturated rings. The molecule has 0 bridgehead atoms. The van der Waals surface area contributed by atoms with Crippen LogP contribution in [0.2, 0.25) is 0 Å². The molecule has 2 aliphatic heterocycles. The lowest BCUT2D eigenvalue weighted by Gasteiger charge is -2.25. The second-order valence-electron chi connectivity index (χ2n) is 6.14. The fraction of sp³-hybridized carbons (Fsp3) is 0.562. The van der Waals surface area contributed by atoms with E-state index in [1.54, 1.807) is 38.2 Å². The SMILES string of the molecule is CCOC(=O)[C@]1(C)[NH2+][C@H](c2ccco2)[C@H]2C(=O)N(CC)C(=O)[C@@H]21. The van der Waals surface area contributed by atoms with E-state index in [4.69, 9.17) is 9.15 Å². The van der Waals surface area contributed by atoms with Gasteiger partial charge in [0.15, 0.2) is 11.8 Å². The lowest BCUT2D eigenvalue weighted by atomic mass is 9.81. The molecule has 0 saturated carbocycles. The molecule has 1 aromatic rings. The monoisotopic (exact) mass is 321 g/mol. The number of likely N-dealkylation sites (tertiary alicyclic amines) is 1. The smallest absolute Gasteiger partial charge is 0.368 e. The van der Waals surface area contributed by atoms with Gasteiger partial charge in [0.1, 0.15) is 11.8 Å². The second kappa shape index (κ2) is 5.49. The molecule has 2 N–H and O–H groups in total. The predicted octanol–water partition coefficient (Wildman–Crippen LogP) is -0.159. The Labute approximate surface area is 134 Å². The first-order valence-corrected chi connectivity index (χ1v) is 7.87. The molecule has 3 heterocycles. The summed E-state index contributed by atoms with van der Waals surface area (Å²) in [7, 11) is 0. The molecular weight excluding hydrogens is 300 g/mol. The van der Waals surface area contributed by atoms with Gasteiger partial charge < -0.3 is 14.5 Å². The number of esters is 1. The van der Waals surface area contributed by atoms with Crippen LogP contribution in [0.25, 0.3) is 0 Å². The van der Waals surface area contributed by atoms with E-state index >= 15 is 0 Å². The fourth-order valence-corrected chi connectivity index (χ4v) is 3.86. The number of quaternary nitrogens is 1. The zero-order chi connectivity index (χ0) is 16.8. The number of rotatable bonds is 4. The number of hydrogen-bond donors (Lipinski definition) is 1. The van der Waals surface area contributed by atoms with Crippen molar-refractivity contribution in [3.63, 3.8) is 0 Å². The fourth-order valence-electron chi connectivity index (χ4n) is 3.86. The van der Waals surface area contributed by atoms with Gasteiger partial charge in [0.05, 0.1) is 12.9 Å². The molecule has 1 aromatic heterocycles. The molecule has 0 radical (unpaired) electrons. The summed E-state index contributed by atoms with van der Waals surface area (Å²) in [5.41, 5.74) is -1.13. The number of imide groups is 1. The van der Waals surface area contributed by atoms with Crippen molar-refractivity contribution in [3.8, 4) is 0 Å². The summed E-state index contributed by atoms with van der Waals surface area (Å²) in [6, 6.07) is 3.09. The van der Waals surface area contributed by atoms with Gasteiger partial charge in [-0.1, -0.05) is 0 Å². The number of amides is 2. The Kier molecular flexibility index (Phi) is 3.75. The number of fused-ring (bicyclic) bond motifs is 1. The molecule has 3 rings (SSSR count). The summed E-state index contributed by atoms with van der Waals surface area (Å²) in [5, 5.41) is 1.75. The van der Waals surface area contributed by atoms with Gasteiger partial charge in [-0.05, 0) is 26.0 Å². The Morgan fingerprint density at radius 3 is 2.70 bits per heavy atom. The average molecular weight is 321 g/mol. The van der Waals surface area contributed by atoms with Gasteiger partial charge in [-0.3, -0.25) is 14.5 Å². The molecule has 7 nitrogen and oxygen atoms in total. The highest BCUT2D eigenvalue weighted by Crippen LogP contribution is 2.44. The third-order valence-corrected chi connectivity index (χ3v) is 4.90. The van der Waals surface area contributed by atoms with Crippen LogP contribution < -0.4 is 5.32 Å². The maximum Gasteiger partial charge on any atom is 0.368 e. The van der Waals surface area contributed by atoms with Crippen molar-refractivity contribution in [2.24, 2.45) is 11.8 Å². The lowest BCUT2D eigenvalue weighted by Crippen LogP contribution is -2.97. The Hall–Kier alpha value is -2.15. The molecule has 23 heavy (non-hydrogen) atoms. The van der Waals surface area contributed by atoms with Crippen LogP contribution in [-0.4, -0.2) is 41.4 Å². The molecule has 7 heteroatoms. The molecule has 2 aliphatic rings. The number of hydrogen-bond acceptors (Lipinski definition) is 5. The summed E-state index contributed by atoms with van der Waals surface area (Å²) in [6.07, 6.45) is 1.52. The Bertz CT molecular complexity index is 641. The van der Waals surface area contributed by atoms with E-state index in [0.717, 1.165) is 0 Å². The normalized spacial score (nSPS) is 33.2. The van der Waals surface area contributed by atoms with Crippen molar-refractivity contribution in [3.05, 3.63) is 24.2 Å². The molecule has 0 aromatic carbocycles. The van der Waals surface area contributed by atoms with E-state index in [9.17, 15) is 14.4 Å². The van der Waals surface area contributed by atoms with Crippen molar-refractivity contribution in [2.45, 2.75) is 32.4 Å². The highest BCUT2D eigenvalue weighted by Gasteiger charge is 2.71. The Balaban J connectivity index is 2.06. The quantitative estimate of drug-likeness (QED) is 0.614. The molecule has 2 amide bonds. The second-order valence-corrected chi connectivity index (χ2v) is 6.14. The van der Waals surface area contributed by atoms with Crippen LogP contribution in [-0.2, 0) is 19.1 Å². The van der Waals surface area contributed by atoms with Crippen LogP contribution >= 0.6 is 0 Å². The largest absolute Gasteiger partial charge is 0.463 e. The summed E-state index contributed by atoms with van der Waals surface area (Å²) < 4.78 is 10.6. The summed E-state index contributed by atoms with van der Waals surface area (Å²) in [6.45, 7) is 5.68. The minimum atomic E-state index is -1.13. The number of carbonyl (C=O) groups excluding carboxylic acids is 3. The van der Waals surface area contributed by atoms with E-state index in [0.29, 0.717) is 12.3 Å². The van der Waals surface area contributed by atoms with Gasteiger partial charge in [-0.15, -0.1) is 0 Å². The topological polar surface area (TPSA) is 93.4 Å². The van der Waals surface area contributed by atoms with Gasteiger partial charge in [-0.2, -0.15) is 0 Å². The van der Waals surface area contributed by atoms with Crippen LogP contribution in [0.1, 0.15) is 32.6 Å². The standard InChI is InChI=1S/C16H20N2O5/c1-4-18-13(19)10-11(14(18)20)16(3,15(21)22-5-2)17-12(10)9-7-6-8-23-9/h6-8,10-12,17H,4-5H2,1-3H3/p+1/t10-,11+,12+,16+/m0/s1. The third-order valence-electron chi connectivity index (χ3n) is 4.90. The average Bonchev–Trinajstić information content (AvgIpc) is 3.18. The zero-order valence-electron chi connectivity index (χ0n) is 13.4. The first-order valence-electron chi connectivity index (χ1n) is 7.87. The minimum Gasteiger partial charge on any atom is -0.463 e. The predicted molar refractivity (Wildman–Crippen MR) is 77.8 cm³/mol. The number of furan rings is 1. The van der Waals surface area contributed by atoms with Crippen molar-refractivity contribution in [1.29, 1.82) is 0 Å². The molecule has 0 unspecified atom stereocenters. The van der Waals surface area contributed by atoms with Crippen molar-refractivity contribution in [1.82, 2.24) is 4.90 Å². The van der Waals surface area contributed by atoms with Crippen LogP contribution in [0.4, 0.5) is 0 Å². The number of carbonyl (C=O) groups is 3. The molecule has 4 atom stereocenters. The molecule has 124 valence electrons.